The van der Waals surface area contributed by atoms with Gasteiger partial charge in [0.1, 0.15) is 0 Å². The Morgan fingerprint density at radius 2 is 2.08 bits per heavy atom. The molecule has 3 heteroatoms. The fourth-order valence-corrected chi connectivity index (χ4v) is 1.74. The maximum Gasteiger partial charge on any atom is 0.0419 e. The van der Waals surface area contributed by atoms with Gasteiger partial charge >= 0.3 is 0 Å². The van der Waals surface area contributed by atoms with Gasteiger partial charge in [-0.3, -0.25) is 0 Å². The molecule has 0 bridgehead atoms. The maximum absolute atomic E-state index is 5.79. The van der Waals surface area contributed by atoms with Gasteiger partial charge in [0.15, 0.2) is 0 Å². The van der Waals surface area contributed by atoms with E-state index < -0.39 is 0 Å². The summed E-state index contributed by atoms with van der Waals surface area (Å²) in [5, 5.41) is 0. The number of hydrogen-bond acceptors (Lipinski definition) is 2. The zero-order valence-corrected chi connectivity index (χ0v) is 8.64. The molecule has 0 aromatic heterocycles. The smallest absolute Gasteiger partial charge is 0.0419 e. The molecule has 0 amide bonds. The van der Waals surface area contributed by atoms with Crippen LogP contribution in [0.3, 0.4) is 0 Å². The summed E-state index contributed by atoms with van der Waals surface area (Å²) in [5.74, 6) is 0. The van der Waals surface area contributed by atoms with Crippen LogP contribution >= 0.6 is 15.9 Å². The molecule has 0 fully saturated rings. The summed E-state index contributed by atoms with van der Waals surface area (Å²) in [6.07, 6.45) is 0. The van der Waals surface area contributed by atoms with Crippen molar-refractivity contribution >= 4 is 15.9 Å². The minimum atomic E-state index is -0.0544. The lowest BCUT2D eigenvalue weighted by molar-refractivity contribution is 0.736. The van der Waals surface area contributed by atoms with Crippen molar-refractivity contribution < 1.29 is 0 Å². The zero-order chi connectivity index (χ0) is 9.14. The first-order valence-electron chi connectivity index (χ1n) is 3.86. The summed E-state index contributed by atoms with van der Waals surface area (Å²) in [4.78, 5) is 0. The number of aryl methyl sites for hydroxylation is 1. The molecular formula is C9H13BrN2. The van der Waals surface area contributed by atoms with E-state index in [1.807, 2.05) is 19.1 Å². The first-order valence-corrected chi connectivity index (χ1v) is 4.65. The second-order valence-corrected chi connectivity index (χ2v) is 3.82. The lowest BCUT2D eigenvalue weighted by Gasteiger charge is -2.10. The molecular weight excluding hydrogens is 216 g/mol. The van der Waals surface area contributed by atoms with Crippen LogP contribution in [0.2, 0.25) is 0 Å². The highest BCUT2D eigenvalue weighted by Crippen LogP contribution is 2.18. The Bertz CT molecular complexity index is 253. The SMILES string of the molecule is Cc1cc(Br)cc(C(N)CN)c1. The molecule has 2 nitrogen and oxygen atoms in total. The van der Waals surface area contributed by atoms with Crippen molar-refractivity contribution in [1.29, 1.82) is 0 Å². The fraction of sp³-hybridized carbons (Fsp3) is 0.333. The number of halogens is 1. The summed E-state index contributed by atoms with van der Waals surface area (Å²) in [5.41, 5.74) is 13.5. The lowest BCUT2D eigenvalue weighted by Crippen LogP contribution is -2.20. The standard InChI is InChI=1S/C9H13BrN2/c1-6-2-7(9(12)5-11)4-8(10)3-6/h2-4,9H,5,11-12H2,1H3. The summed E-state index contributed by atoms with van der Waals surface area (Å²) in [6.45, 7) is 2.52. The Morgan fingerprint density at radius 1 is 1.42 bits per heavy atom. The molecule has 4 N–H and O–H groups in total. The van der Waals surface area contributed by atoms with Gasteiger partial charge in [0.2, 0.25) is 0 Å². The van der Waals surface area contributed by atoms with Crippen LogP contribution in [0.25, 0.3) is 0 Å². The van der Waals surface area contributed by atoms with Crippen LogP contribution in [0.4, 0.5) is 0 Å². The van der Waals surface area contributed by atoms with Gasteiger partial charge in [-0.05, 0) is 30.2 Å². The van der Waals surface area contributed by atoms with E-state index in [0.717, 1.165) is 10.0 Å². The predicted molar refractivity (Wildman–Crippen MR) is 54.9 cm³/mol. The monoisotopic (exact) mass is 228 g/mol. The summed E-state index contributed by atoms with van der Waals surface area (Å²) in [6, 6.07) is 6.06. The van der Waals surface area contributed by atoms with E-state index >= 15 is 0 Å². The molecule has 66 valence electrons. The van der Waals surface area contributed by atoms with Crippen molar-refractivity contribution in [1.82, 2.24) is 0 Å². The Morgan fingerprint density at radius 3 is 2.58 bits per heavy atom. The molecule has 1 aromatic rings. The molecule has 0 aliphatic rings. The van der Waals surface area contributed by atoms with Gasteiger partial charge < -0.3 is 11.5 Å². The molecule has 0 aliphatic carbocycles. The van der Waals surface area contributed by atoms with Gasteiger partial charge in [-0.1, -0.05) is 22.0 Å². The third-order valence-corrected chi connectivity index (χ3v) is 2.20. The van der Waals surface area contributed by atoms with Gasteiger partial charge in [-0.2, -0.15) is 0 Å². The molecule has 0 saturated carbocycles. The van der Waals surface area contributed by atoms with Crippen LogP contribution < -0.4 is 11.5 Å². The normalized spacial score (nSPS) is 13.0. The predicted octanol–water partition coefficient (Wildman–Crippen LogP) is 1.72. The van der Waals surface area contributed by atoms with Gasteiger partial charge in [0.25, 0.3) is 0 Å². The van der Waals surface area contributed by atoms with Gasteiger partial charge in [-0.15, -0.1) is 0 Å². The molecule has 1 atom stereocenters. The highest BCUT2D eigenvalue weighted by atomic mass is 79.9. The third kappa shape index (κ3) is 2.30. The summed E-state index contributed by atoms with van der Waals surface area (Å²) >= 11 is 3.41. The van der Waals surface area contributed by atoms with Crippen LogP contribution in [-0.2, 0) is 0 Å². The van der Waals surface area contributed by atoms with Gasteiger partial charge in [0.05, 0.1) is 0 Å². The Labute approximate surface area is 81.1 Å². The van der Waals surface area contributed by atoms with Crippen LogP contribution in [0.5, 0.6) is 0 Å². The third-order valence-electron chi connectivity index (χ3n) is 1.75. The second kappa shape index (κ2) is 4.03. The first kappa shape index (κ1) is 9.71. The topological polar surface area (TPSA) is 52.0 Å². The zero-order valence-electron chi connectivity index (χ0n) is 7.05. The molecule has 0 aliphatic heterocycles. The molecule has 0 saturated heterocycles. The van der Waals surface area contributed by atoms with Crippen molar-refractivity contribution in [2.45, 2.75) is 13.0 Å². The molecule has 1 rings (SSSR count). The Hall–Kier alpha value is -0.380. The molecule has 12 heavy (non-hydrogen) atoms. The molecule has 1 unspecified atom stereocenters. The van der Waals surface area contributed by atoms with E-state index in [2.05, 4.69) is 22.0 Å². The first-order chi connectivity index (χ1) is 5.63. The van der Waals surface area contributed by atoms with Crippen LogP contribution in [0, 0.1) is 6.92 Å². The second-order valence-electron chi connectivity index (χ2n) is 2.90. The maximum atomic E-state index is 5.79. The Kier molecular flexibility index (Phi) is 3.26. The van der Waals surface area contributed by atoms with Crippen molar-refractivity contribution in [2.75, 3.05) is 6.54 Å². The minimum Gasteiger partial charge on any atom is -0.329 e. The Balaban J connectivity index is 3.00. The quantitative estimate of drug-likeness (QED) is 0.811. The van der Waals surface area contributed by atoms with E-state index in [1.165, 1.54) is 5.56 Å². The molecule has 1 aromatic carbocycles. The van der Waals surface area contributed by atoms with Crippen molar-refractivity contribution in [2.24, 2.45) is 11.5 Å². The van der Waals surface area contributed by atoms with E-state index in [1.54, 1.807) is 0 Å². The van der Waals surface area contributed by atoms with Gasteiger partial charge in [0, 0.05) is 17.1 Å². The lowest BCUT2D eigenvalue weighted by atomic mass is 10.1. The average molecular weight is 229 g/mol. The highest BCUT2D eigenvalue weighted by molar-refractivity contribution is 9.10. The summed E-state index contributed by atoms with van der Waals surface area (Å²) in [7, 11) is 0. The van der Waals surface area contributed by atoms with Crippen molar-refractivity contribution in [3.8, 4) is 0 Å². The van der Waals surface area contributed by atoms with E-state index in [4.69, 9.17) is 11.5 Å². The van der Waals surface area contributed by atoms with Crippen LogP contribution in [0.15, 0.2) is 22.7 Å². The highest BCUT2D eigenvalue weighted by Gasteiger charge is 2.04. The summed E-state index contributed by atoms with van der Waals surface area (Å²) < 4.78 is 1.06. The van der Waals surface area contributed by atoms with Crippen molar-refractivity contribution in [3.63, 3.8) is 0 Å². The van der Waals surface area contributed by atoms with Gasteiger partial charge in [-0.25, -0.2) is 0 Å². The molecule has 0 radical (unpaired) electrons. The van der Waals surface area contributed by atoms with Crippen LogP contribution in [0.1, 0.15) is 17.2 Å². The van der Waals surface area contributed by atoms with Crippen LogP contribution in [-0.4, -0.2) is 6.54 Å². The number of rotatable bonds is 2. The van der Waals surface area contributed by atoms with Crippen molar-refractivity contribution in [3.05, 3.63) is 33.8 Å². The number of benzene rings is 1. The number of hydrogen-bond donors (Lipinski definition) is 2. The average Bonchev–Trinajstić information content (AvgIpc) is 2.01. The van der Waals surface area contributed by atoms with E-state index in [0.29, 0.717) is 6.54 Å². The van der Waals surface area contributed by atoms with E-state index in [9.17, 15) is 0 Å². The van der Waals surface area contributed by atoms with E-state index in [-0.39, 0.29) is 6.04 Å². The molecule has 0 heterocycles. The largest absolute Gasteiger partial charge is 0.329 e. The fourth-order valence-electron chi connectivity index (χ4n) is 1.11. The molecule has 0 spiro atoms. The number of nitrogens with two attached hydrogens (primary N) is 2. The minimum absolute atomic E-state index is 0.0544.